The van der Waals surface area contributed by atoms with E-state index in [4.69, 9.17) is 0 Å². The summed E-state index contributed by atoms with van der Waals surface area (Å²) in [4.78, 5) is 31.7. The molecule has 0 saturated carbocycles. The SMILES string of the molecule is Cc1nc(-c2ccccc2)[nH]c(=O)c1CCC(=O)NCc1ccccc1F. The smallest absolute Gasteiger partial charge is 0.254 e. The molecule has 0 aliphatic rings. The number of nitrogens with one attached hydrogen (secondary N) is 2. The highest BCUT2D eigenvalue weighted by Gasteiger charge is 2.12. The molecular weight excluding hydrogens is 345 g/mol. The normalized spacial score (nSPS) is 10.6. The lowest BCUT2D eigenvalue weighted by Gasteiger charge is -2.09. The fourth-order valence-electron chi connectivity index (χ4n) is 2.80. The summed E-state index contributed by atoms with van der Waals surface area (Å²) in [6.07, 6.45) is 0.400. The van der Waals surface area contributed by atoms with E-state index in [1.807, 2.05) is 30.3 Å². The van der Waals surface area contributed by atoms with Crippen molar-refractivity contribution in [3.63, 3.8) is 0 Å². The van der Waals surface area contributed by atoms with E-state index in [9.17, 15) is 14.0 Å². The second kappa shape index (κ2) is 8.40. The summed E-state index contributed by atoms with van der Waals surface area (Å²) < 4.78 is 13.6. The van der Waals surface area contributed by atoms with Gasteiger partial charge in [-0.3, -0.25) is 9.59 Å². The zero-order valence-electron chi connectivity index (χ0n) is 15.0. The lowest BCUT2D eigenvalue weighted by Crippen LogP contribution is -2.25. The predicted molar refractivity (Wildman–Crippen MR) is 102 cm³/mol. The monoisotopic (exact) mass is 365 g/mol. The zero-order valence-corrected chi connectivity index (χ0v) is 15.0. The zero-order chi connectivity index (χ0) is 19.2. The van der Waals surface area contributed by atoms with Gasteiger partial charge in [0, 0.05) is 35.3 Å². The lowest BCUT2D eigenvalue weighted by molar-refractivity contribution is -0.121. The van der Waals surface area contributed by atoms with Crippen molar-refractivity contribution in [3.05, 3.63) is 87.6 Å². The van der Waals surface area contributed by atoms with Gasteiger partial charge < -0.3 is 10.3 Å². The first-order valence-electron chi connectivity index (χ1n) is 8.70. The van der Waals surface area contributed by atoms with Crippen LogP contribution in [0.2, 0.25) is 0 Å². The molecule has 1 amide bonds. The standard InChI is InChI=1S/C21H20FN3O2/c1-14-17(21(27)25-20(24-14)15-7-3-2-4-8-15)11-12-19(26)23-13-16-9-5-6-10-18(16)22/h2-10H,11-13H2,1H3,(H,23,26)(H,24,25,27). The highest BCUT2D eigenvalue weighted by molar-refractivity contribution is 5.76. The third kappa shape index (κ3) is 4.67. The Hall–Kier alpha value is -3.28. The Balaban J connectivity index is 1.63. The van der Waals surface area contributed by atoms with Crippen LogP contribution in [-0.2, 0) is 17.8 Å². The van der Waals surface area contributed by atoms with E-state index >= 15 is 0 Å². The Morgan fingerprint density at radius 3 is 2.52 bits per heavy atom. The molecule has 5 nitrogen and oxygen atoms in total. The van der Waals surface area contributed by atoms with Crippen molar-refractivity contribution < 1.29 is 9.18 Å². The van der Waals surface area contributed by atoms with Crippen LogP contribution in [-0.4, -0.2) is 15.9 Å². The fourth-order valence-corrected chi connectivity index (χ4v) is 2.80. The number of aromatic amines is 1. The van der Waals surface area contributed by atoms with Crippen LogP contribution in [0.3, 0.4) is 0 Å². The van der Waals surface area contributed by atoms with Crippen molar-refractivity contribution in [1.29, 1.82) is 0 Å². The number of benzene rings is 2. The molecular formula is C21H20FN3O2. The molecule has 0 bridgehead atoms. The molecule has 138 valence electrons. The molecule has 3 rings (SSSR count). The van der Waals surface area contributed by atoms with Gasteiger partial charge in [-0.15, -0.1) is 0 Å². The number of nitrogens with zero attached hydrogens (tertiary/aromatic N) is 1. The average Bonchev–Trinajstić information content (AvgIpc) is 2.67. The van der Waals surface area contributed by atoms with Crippen LogP contribution in [0.15, 0.2) is 59.4 Å². The lowest BCUT2D eigenvalue weighted by atomic mass is 10.1. The molecule has 6 heteroatoms. The number of hydrogen-bond acceptors (Lipinski definition) is 3. The van der Waals surface area contributed by atoms with Crippen molar-refractivity contribution >= 4 is 5.91 Å². The summed E-state index contributed by atoms with van der Waals surface area (Å²) in [5.41, 5.74) is 2.08. The molecule has 0 aliphatic carbocycles. The third-order valence-corrected chi connectivity index (χ3v) is 4.31. The molecule has 0 fully saturated rings. The largest absolute Gasteiger partial charge is 0.352 e. The Bertz CT molecular complexity index is 1000. The Labute approximate surface area is 156 Å². The maximum Gasteiger partial charge on any atom is 0.254 e. The van der Waals surface area contributed by atoms with Gasteiger partial charge in [-0.05, 0) is 19.4 Å². The van der Waals surface area contributed by atoms with E-state index in [-0.39, 0.29) is 36.7 Å². The first-order chi connectivity index (χ1) is 13.0. The molecule has 0 atom stereocenters. The number of carbonyl (C=O) groups is 1. The average molecular weight is 365 g/mol. The van der Waals surface area contributed by atoms with Gasteiger partial charge in [-0.1, -0.05) is 48.5 Å². The Kier molecular flexibility index (Phi) is 5.76. The van der Waals surface area contributed by atoms with E-state index in [0.717, 1.165) is 5.56 Å². The summed E-state index contributed by atoms with van der Waals surface area (Å²) in [5, 5.41) is 2.67. The van der Waals surface area contributed by atoms with E-state index in [1.54, 1.807) is 25.1 Å². The second-order valence-electron chi connectivity index (χ2n) is 6.21. The highest BCUT2D eigenvalue weighted by Crippen LogP contribution is 2.14. The third-order valence-electron chi connectivity index (χ3n) is 4.31. The van der Waals surface area contributed by atoms with Crippen LogP contribution < -0.4 is 10.9 Å². The van der Waals surface area contributed by atoms with Crippen LogP contribution in [0, 0.1) is 12.7 Å². The number of hydrogen-bond donors (Lipinski definition) is 2. The molecule has 27 heavy (non-hydrogen) atoms. The van der Waals surface area contributed by atoms with Gasteiger partial charge in [0.05, 0.1) is 0 Å². The number of H-pyrrole nitrogens is 1. The summed E-state index contributed by atoms with van der Waals surface area (Å²) in [5.74, 6) is -0.0965. The van der Waals surface area contributed by atoms with E-state index in [2.05, 4.69) is 15.3 Å². The molecule has 1 aromatic heterocycles. The van der Waals surface area contributed by atoms with Gasteiger partial charge >= 0.3 is 0 Å². The minimum atomic E-state index is -0.356. The number of carbonyl (C=O) groups excluding carboxylic acids is 1. The molecule has 0 radical (unpaired) electrons. The second-order valence-corrected chi connectivity index (χ2v) is 6.21. The van der Waals surface area contributed by atoms with Crippen molar-refractivity contribution in [2.75, 3.05) is 0 Å². The summed E-state index contributed by atoms with van der Waals surface area (Å²) in [7, 11) is 0. The van der Waals surface area contributed by atoms with E-state index < -0.39 is 0 Å². The maximum absolute atomic E-state index is 13.6. The number of aromatic nitrogens is 2. The van der Waals surface area contributed by atoms with Crippen LogP contribution >= 0.6 is 0 Å². The van der Waals surface area contributed by atoms with E-state index in [1.165, 1.54) is 6.07 Å². The molecule has 0 saturated heterocycles. The van der Waals surface area contributed by atoms with Gasteiger partial charge in [-0.25, -0.2) is 9.37 Å². The van der Waals surface area contributed by atoms with Crippen LogP contribution in [0.4, 0.5) is 4.39 Å². The van der Waals surface area contributed by atoms with Gasteiger partial charge in [0.1, 0.15) is 11.6 Å². The molecule has 2 aromatic carbocycles. The van der Waals surface area contributed by atoms with Crippen LogP contribution in [0.25, 0.3) is 11.4 Å². The van der Waals surface area contributed by atoms with Crippen molar-refractivity contribution in [2.24, 2.45) is 0 Å². The first kappa shape index (κ1) is 18.5. The minimum absolute atomic E-state index is 0.117. The number of aryl methyl sites for hydroxylation is 1. The summed E-state index contributed by atoms with van der Waals surface area (Å²) in [6, 6.07) is 15.7. The van der Waals surface area contributed by atoms with Crippen molar-refractivity contribution in [2.45, 2.75) is 26.3 Å². The number of amides is 1. The van der Waals surface area contributed by atoms with Crippen molar-refractivity contribution in [1.82, 2.24) is 15.3 Å². The van der Waals surface area contributed by atoms with Gasteiger partial charge in [-0.2, -0.15) is 0 Å². The number of halogens is 1. The molecule has 3 aromatic rings. The fraction of sp³-hybridized carbons (Fsp3) is 0.190. The van der Waals surface area contributed by atoms with Crippen LogP contribution in [0.5, 0.6) is 0 Å². The molecule has 0 spiro atoms. The van der Waals surface area contributed by atoms with Crippen molar-refractivity contribution in [3.8, 4) is 11.4 Å². The summed E-state index contributed by atoms with van der Waals surface area (Å²) >= 11 is 0. The van der Waals surface area contributed by atoms with Crippen LogP contribution in [0.1, 0.15) is 23.2 Å². The van der Waals surface area contributed by atoms with Gasteiger partial charge in [0.15, 0.2) is 0 Å². The summed E-state index contributed by atoms with van der Waals surface area (Å²) in [6.45, 7) is 1.88. The highest BCUT2D eigenvalue weighted by atomic mass is 19.1. The topological polar surface area (TPSA) is 74.8 Å². The Morgan fingerprint density at radius 2 is 1.81 bits per heavy atom. The number of rotatable bonds is 6. The quantitative estimate of drug-likeness (QED) is 0.705. The first-order valence-corrected chi connectivity index (χ1v) is 8.70. The minimum Gasteiger partial charge on any atom is -0.352 e. The maximum atomic E-state index is 13.6. The van der Waals surface area contributed by atoms with E-state index in [0.29, 0.717) is 22.6 Å². The predicted octanol–water partition coefficient (Wildman–Crippen LogP) is 3.13. The molecule has 0 unspecified atom stereocenters. The molecule has 1 heterocycles. The van der Waals surface area contributed by atoms with Gasteiger partial charge in [0.25, 0.3) is 5.56 Å². The Morgan fingerprint density at radius 1 is 1.11 bits per heavy atom. The molecule has 2 N–H and O–H groups in total. The molecule has 0 aliphatic heterocycles. The van der Waals surface area contributed by atoms with Gasteiger partial charge in [0.2, 0.25) is 5.91 Å².